The molecule has 3 aliphatic rings. The average molecular weight is 249 g/mol. The molecule has 0 heterocycles. The van der Waals surface area contributed by atoms with Crippen molar-refractivity contribution in [3.63, 3.8) is 0 Å². The third-order valence-corrected chi connectivity index (χ3v) is 5.10. The van der Waals surface area contributed by atoms with E-state index in [0.717, 1.165) is 25.7 Å². The van der Waals surface area contributed by atoms with Gasteiger partial charge in [0.1, 0.15) is 0 Å². The molecule has 0 aromatic rings. The number of carboxylic acids is 1. The maximum absolute atomic E-state index is 11.2. The SMILES string of the molecule is C=CC(=O)NC1CC2(C1)CC1(CC(C(=O)O)C1)C2. The Hall–Kier alpha value is -1.32. The van der Waals surface area contributed by atoms with Crippen LogP contribution in [0.3, 0.4) is 0 Å². The van der Waals surface area contributed by atoms with Crippen LogP contribution in [0.1, 0.15) is 38.5 Å². The molecule has 1 amide bonds. The van der Waals surface area contributed by atoms with E-state index in [-0.39, 0.29) is 11.8 Å². The zero-order chi connectivity index (χ0) is 13.0. The molecule has 0 radical (unpaired) electrons. The zero-order valence-corrected chi connectivity index (χ0v) is 10.4. The number of hydrogen-bond acceptors (Lipinski definition) is 2. The van der Waals surface area contributed by atoms with Gasteiger partial charge in [-0.15, -0.1) is 0 Å². The maximum Gasteiger partial charge on any atom is 0.306 e. The van der Waals surface area contributed by atoms with Gasteiger partial charge in [-0.2, -0.15) is 0 Å². The molecule has 3 saturated carbocycles. The van der Waals surface area contributed by atoms with Crippen LogP contribution in [0.4, 0.5) is 0 Å². The molecule has 0 aromatic heterocycles. The van der Waals surface area contributed by atoms with Gasteiger partial charge in [-0.1, -0.05) is 6.58 Å². The van der Waals surface area contributed by atoms with Crippen molar-refractivity contribution in [2.24, 2.45) is 16.7 Å². The van der Waals surface area contributed by atoms with Gasteiger partial charge >= 0.3 is 5.97 Å². The summed E-state index contributed by atoms with van der Waals surface area (Å²) in [5, 5.41) is 11.8. The molecular weight excluding hydrogens is 230 g/mol. The summed E-state index contributed by atoms with van der Waals surface area (Å²) in [6, 6.07) is 0.309. The summed E-state index contributed by atoms with van der Waals surface area (Å²) >= 11 is 0. The fraction of sp³-hybridized carbons (Fsp3) is 0.714. The van der Waals surface area contributed by atoms with E-state index < -0.39 is 5.97 Å². The number of carboxylic acid groups (broad SMARTS) is 1. The number of rotatable bonds is 3. The summed E-state index contributed by atoms with van der Waals surface area (Å²) in [4.78, 5) is 22.0. The Kier molecular flexibility index (Phi) is 2.34. The number of carbonyl (C=O) groups excluding carboxylic acids is 1. The van der Waals surface area contributed by atoms with Crippen LogP contribution in [-0.2, 0) is 9.59 Å². The first-order chi connectivity index (χ1) is 8.46. The Labute approximate surface area is 106 Å². The van der Waals surface area contributed by atoms with Crippen molar-refractivity contribution in [1.29, 1.82) is 0 Å². The lowest BCUT2D eigenvalue weighted by atomic mass is 9.37. The largest absolute Gasteiger partial charge is 0.481 e. The molecule has 0 unspecified atom stereocenters. The van der Waals surface area contributed by atoms with Gasteiger partial charge in [-0.25, -0.2) is 0 Å². The average Bonchev–Trinajstić information content (AvgIpc) is 2.15. The Morgan fingerprint density at radius 3 is 2.22 bits per heavy atom. The van der Waals surface area contributed by atoms with Gasteiger partial charge in [-0.05, 0) is 55.4 Å². The molecule has 2 spiro atoms. The van der Waals surface area contributed by atoms with Gasteiger partial charge in [0.05, 0.1) is 5.92 Å². The summed E-state index contributed by atoms with van der Waals surface area (Å²) in [5.41, 5.74) is 0.763. The van der Waals surface area contributed by atoms with Gasteiger partial charge in [0.15, 0.2) is 0 Å². The Bertz CT molecular complexity index is 407. The predicted molar refractivity (Wildman–Crippen MR) is 65.8 cm³/mol. The molecule has 4 heteroatoms. The van der Waals surface area contributed by atoms with Crippen molar-refractivity contribution in [3.05, 3.63) is 12.7 Å². The summed E-state index contributed by atoms with van der Waals surface area (Å²) in [7, 11) is 0. The minimum Gasteiger partial charge on any atom is -0.481 e. The lowest BCUT2D eigenvalue weighted by Gasteiger charge is -2.68. The number of hydrogen-bond donors (Lipinski definition) is 2. The van der Waals surface area contributed by atoms with Gasteiger partial charge in [-0.3, -0.25) is 9.59 Å². The van der Waals surface area contributed by atoms with Crippen LogP contribution in [0, 0.1) is 16.7 Å². The van der Waals surface area contributed by atoms with Gasteiger partial charge in [0.2, 0.25) is 5.91 Å². The smallest absolute Gasteiger partial charge is 0.306 e. The first-order valence-electron chi connectivity index (χ1n) is 6.62. The molecule has 4 nitrogen and oxygen atoms in total. The number of carbonyl (C=O) groups is 2. The van der Waals surface area contributed by atoms with Crippen molar-refractivity contribution in [2.45, 2.75) is 44.6 Å². The Balaban J connectivity index is 1.43. The highest BCUT2D eigenvalue weighted by molar-refractivity contribution is 5.87. The van der Waals surface area contributed by atoms with E-state index in [4.69, 9.17) is 5.11 Å². The highest BCUT2D eigenvalue weighted by Crippen LogP contribution is 2.72. The molecule has 3 fully saturated rings. The lowest BCUT2D eigenvalue weighted by molar-refractivity contribution is -0.188. The van der Waals surface area contributed by atoms with Crippen molar-refractivity contribution >= 4 is 11.9 Å². The van der Waals surface area contributed by atoms with Crippen LogP contribution in [0.5, 0.6) is 0 Å². The van der Waals surface area contributed by atoms with Crippen molar-refractivity contribution < 1.29 is 14.7 Å². The first kappa shape index (κ1) is 11.8. The summed E-state index contributed by atoms with van der Waals surface area (Å²) in [5.74, 6) is -0.816. The summed E-state index contributed by atoms with van der Waals surface area (Å²) in [6.07, 6.45) is 7.52. The van der Waals surface area contributed by atoms with E-state index in [0.29, 0.717) is 16.9 Å². The summed E-state index contributed by atoms with van der Waals surface area (Å²) in [6.45, 7) is 3.45. The molecule has 0 saturated heterocycles. The standard InChI is InChI=1S/C14H19NO3/c1-2-11(16)15-10-5-14(6-10)7-13(8-14)3-9(4-13)12(17)18/h2,9-10H,1,3-8H2,(H,15,16)(H,17,18). The number of amides is 1. The predicted octanol–water partition coefficient (Wildman–Crippen LogP) is 1.71. The molecule has 2 N–H and O–H groups in total. The quantitative estimate of drug-likeness (QED) is 0.748. The van der Waals surface area contributed by atoms with Crippen LogP contribution in [0.15, 0.2) is 12.7 Å². The van der Waals surface area contributed by atoms with Crippen molar-refractivity contribution in [2.75, 3.05) is 0 Å². The first-order valence-corrected chi connectivity index (χ1v) is 6.62. The molecule has 98 valence electrons. The highest BCUT2D eigenvalue weighted by Gasteiger charge is 2.64. The van der Waals surface area contributed by atoms with Gasteiger partial charge in [0, 0.05) is 6.04 Å². The van der Waals surface area contributed by atoms with Crippen molar-refractivity contribution in [1.82, 2.24) is 5.32 Å². The minimum atomic E-state index is -0.633. The van der Waals surface area contributed by atoms with E-state index >= 15 is 0 Å². The number of aliphatic carboxylic acids is 1. The molecule has 0 aliphatic heterocycles. The molecule has 18 heavy (non-hydrogen) atoms. The minimum absolute atomic E-state index is 0.0847. The van der Waals surface area contributed by atoms with E-state index in [1.807, 2.05) is 0 Å². The normalized spacial score (nSPS) is 44.7. The lowest BCUT2D eigenvalue weighted by Crippen LogP contribution is -2.63. The van der Waals surface area contributed by atoms with E-state index in [1.165, 1.54) is 18.9 Å². The zero-order valence-electron chi connectivity index (χ0n) is 10.4. The molecule has 0 bridgehead atoms. The van der Waals surface area contributed by atoms with E-state index in [9.17, 15) is 9.59 Å². The van der Waals surface area contributed by atoms with Crippen LogP contribution >= 0.6 is 0 Å². The second-order valence-electron chi connectivity index (χ2n) is 6.61. The number of nitrogens with one attached hydrogen (secondary N) is 1. The monoisotopic (exact) mass is 249 g/mol. The highest BCUT2D eigenvalue weighted by atomic mass is 16.4. The van der Waals surface area contributed by atoms with Crippen LogP contribution in [0.25, 0.3) is 0 Å². The molecule has 3 aliphatic carbocycles. The van der Waals surface area contributed by atoms with Crippen LogP contribution in [-0.4, -0.2) is 23.0 Å². The third kappa shape index (κ3) is 1.66. The Morgan fingerprint density at radius 1 is 1.17 bits per heavy atom. The molecular formula is C14H19NO3. The second-order valence-corrected chi connectivity index (χ2v) is 6.61. The molecule has 0 atom stereocenters. The maximum atomic E-state index is 11.2. The fourth-order valence-corrected chi connectivity index (χ4v) is 4.62. The van der Waals surface area contributed by atoms with Crippen LogP contribution < -0.4 is 5.32 Å². The van der Waals surface area contributed by atoms with Crippen molar-refractivity contribution in [3.8, 4) is 0 Å². The topological polar surface area (TPSA) is 66.4 Å². The third-order valence-electron chi connectivity index (χ3n) is 5.10. The summed E-state index contributed by atoms with van der Waals surface area (Å²) < 4.78 is 0. The van der Waals surface area contributed by atoms with E-state index in [1.54, 1.807) is 0 Å². The molecule has 3 rings (SSSR count). The Morgan fingerprint density at radius 2 is 1.72 bits per heavy atom. The van der Waals surface area contributed by atoms with Crippen LogP contribution in [0.2, 0.25) is 0 Å². The molecule has 0 aromatic carbocycles. The van der Waals surface area contributed by atoms with Gasteiger partial charge in [0.25, 0.3) is 0 Å². The fourth-order valence-electron chi connectivity index (χ4n) is 4.62. The second kappa shape index (κ2) is 3.59. The van der Waals surface area contributed by atoms with E-state index in [2.05, 4.69) is 11.9 Å². The van der Waals surface area contributed by atoms with Gasteiger partial charge < -0.3 is 10.4 Å².